The minimum absolute atomic E-state index is 0.0498. The van der Waals surface area contributed by atoms with Gasteiger partial charge in [-0.3, -0.25) is 9.59 Å². The Bertz CT molecular complexity index is 822. The van der Waals surface area contributed by atoms with Gasteiger partial charge in [-0.15, -0.1) is 0 Å². The molecular formula is C19H21F2N3O4. The Morgan fingerprint density at radius 1 is 1.14 bits per heavy atom. The van der Waals surface area contributed by atoms with Gasteiger partial charge in [0.1, 0.15) is 11.6 Å². The molecular weight excluding hydrogens is 372 g/mol. The van der Waals surface area contributed by atoms with E-state index in [1.165, 1.54) is 0 Å². The lowest BCUT2D eigenvalue weighted by Crippen LogP contribution is -2.53. The average Bonchev–Trinajstić information content (AvgIpc) is 3.15. The molecule has 3 unspecified atom stereocenters. The average molecular weight is 393 g/mol. The van der Waals surface area contributed by atoms with Crippen LogP contribution in [0.5, 0.6) is 0 Å². The molecule has 2 N–H and O–H groups in total. The topological polar surface area (TPSA) is 89.0 Å². The first kappa shape index (κ1) is 18.8. The van der Waals surface area contributed by atoms with E-state index in [1.807, 2.05) is 0 Å². The summed E-state index contributed by atoms with van der Waals surface area (Å²) in [5.41, 5.74) is -0.834. The number of carbonyl (C=O) groups excluding carboxylic acids is 2. The Morgan fingerprint density at radius 2 is 1.86 bits per heavy atom. The number of nitrogens with one attached hydrogen (secondary N) is 2. The van der Waals surface area contributed by atoms with Gasteiger partial charge < -0.3 is 20.2 Å². The molecule has 2 heterocycles. The number of amides is 2. The van der Waals surface area contributed by atoms with E-state index in [-0.39, 0.29) is 42.9 Å². The van der Waals surface area contributed by atoms with E-state index in [2.05, 4.69) is 15.8 Å². The molecule has 0 spiro atoms. The van der Waals surface area contributed by atoms with Crippen LogP contribution < -0.4 is 10.6 Å². The van der Waals surface area contributed by atoms with E-state index in [0.717, 1.165) is 31.0 Å². The van der Waals surface area contributed by atoms with Crippen molar-refractivity contribution in [3.63, 3.8) is 0 Å². The zero-order valence-electron chi connectivity index (χ0n) is 15.3. The Morgan fingerprint density at radius 3 is 2.54 bits per heavy atom. The molecule has 7 nitrogen and oxygen atoms in total. The van der Waals surface area contributed by atoms with Crippen LogP contribution in [-0.2, 0) is 19.2 Å². The van der Waals surface area contributed by atoms with Crippen LogP contribution in [0, 0.1) is 17.6 Å². The molecule has 1 saturated heterocycles. The minimum Gasteiger partial charge on any atom is -0.379 e. The summed E-state index contributed by atoms with van der Waals surface area (Å²) in [5, 5.41) is 9.58. The summed E-state index contributed by atoms with van der Waals surface area (Å²) >= 11 is 0. The molecule has 2 aliphatic heterocycles. The van der Waals surface area contributed by atoms with Crippen LogP contribution in [0.25, 0.3) is 0 Å². The van der Waals surface area contributed by atoms with Crippen LogP contribution in [0.3, 0.4) is 0 Å². The highest BCUT2D eigenvalue weighted by atomic mass is 19.1. The second-order valence-corrected chi connectivity index (χ2v) is 7.70. The summed E-state index contributed by atoms with van der Waals surface area (Å²) in [4.78, 5) is 30.4. The molecule has 2 fully saturated rings. The van der Waals surface area contributed by atoms with E-state index in [4.69, 9.17) is 9.57 Å². The largest absolute Gasteiger partial charge is 0.379 e. The maximum absolute atomic E-state index is 13.4. The maximum Gasteiger partial charge on any atom is 0.267 e. The summed E-state index contributed by atoms with van der Waals surface area (Å²) in [5.74, 6) is -2.52. The molecule has 1 aromatic carbocycles. The Hall–Kier alpha value is -2.55. The molecule has 0 radical (unpaired) electrons. The van der Waals surface area contributed by atoms with Gasteiger partial charge in [-0.1, -0.05) is 5.16 Å². The highest BCUT2D eigenvalue weighted by molar-refractivity contribution is 6.05. The summed E-state index contributed by atoms with van der Waals surface area (Å²) in [6.07, 6.45) is 2.00. The monoisotopic (exact) mass is 393 g/mol. The molecule has 0 aromatic heterocycles. The number of carbonyl (C=O) groups is 2. The maximum atomic E-state index is 13.4. The molecule has 0 bridgehead atoms. The van der Waals surface area contributed by atoms with Crippen molar-refractivity contribution in [2.24, 2.45) is 11.1 Å². The Labute approximate surface area is 160 Å². The van der Waals surface area contributed by atoms with Gasteiger partial charge in [-0.2, -0.15) is 0 Å². The second-order valence-electron chi connectivity index (χ2n) is 7.70. The molecule has 150 valence electrons. The quantitative estimate of drug-likeness (QED) is 0.788. The number of benzene rings is 1. The van der Waals surface area contributed by atoms with E-state index in [0.29, 0.717) is 0 Å². The summed E-state index contributed by atoms with van der Waals surface area (Å²) < 4.78 is 32.3. The van der Waals surface area contributed by atoms with E-state index in [1.54, 1.807) is 6.92 Å². The fourth-order valence-electron chi connectivity index (χ4n) is 3.35. The first-order valence-electron chi connectivity index (χ1n) is 9.25. The fourth-order valence-corrected chi connectivity index (χ4v) is 3.35. The number of hydrogen-bond donors (Lipinski definition) is 2. The van der Waals surface area contributed by atoms with Gasteiger partial charge in [0.2, 0.25) is 11.5 Å². The van der Waals surface area contributed by atoms with Crippen LogP contribution in [0.2, 0.25) is 0 Å². The summed E-state index contributed by atoms with van der Waals surface area (Å²) in [7, 11) is 0. The van der Waals surface area contributed by atoms with Crippen LogP contribution in [-0.4, -0.2) is 48.4 Å². The van der Waals surface area contributed by atoms with Crippen molar-refractivity contribution >= 4 is 17.5 Å². The molecule has 28 heavy (non-hydrogen) atoms. The fraction of sp³-hybridized carbons (Fsp3) is 0.526. The second kappa shape index (κ2) is 7.12. The highest BCUT2D eigenvalue weighted by Crippen LogP contribution is 2.28. The molecule has 4 rings (SSSR count). The molecule has 1 aliphatic carbocycles. The normalized spacial score (nSPS) is 29.2. The van der Waals surface area contributed by atoms with Gasteiger partial charge in [0, 0.05) is 24.1 Å². The van der Waals surface area contributed by atoms with Crippen LogP contribution >= 0.6 is 0 Å². The van der Waals surface area contributed by atoms with Crippen molar-refractivity contribution in [2.75, 3.05) is 13.2 Å². The van der Waals surface area contributed by atoms with Crippen molar-refractivity contribution in [2.45, 2.75) is 43.9 Å². The third kappa shape index (κ3) is 3.84. The van der Waals surface area contributed by atoms with Crippen LogP contribution in [0.1, 0.15) is 31.7 Å². The van der Waals surface area contributed by atoms with E-state index >= 15 is 0 Å². The number of oxime groups is 1. The third-order valence-electron chi connectivity index (χ3n) is 5.20. The lowest BCUT2D eigenvalue weighted by Gasteiger charge is -2.25. The van der Waals surface area contributed by atoms with Gasteiger partial charge in [0.15, 0.2) is 0 Å². The van der Waals surface area contributed by atoms with E-state index < -0.39 is 35.1 Å². The van der Waals surface area contributed by atoms with Gasteiger partial charge in [-0.25, -0.2) is 8.78 Å². The number of halogens is 2. The molecule has 3 aliphatic rings. The summed E-state index contributed by atoms with van der Waals surface area (Å²) in [6.45, 7) is 2.02. The molecule has 2 amide bonds. The summed E-state index contributed by atoms with van der Waals surface area (Å²) in [6, 6.07) is 2.79. The van der Waals surface area contributed by atoms with Crippen molar-refractivity contribution in [3.8, 4) is 0 Å². The van der Waals surface area contributed by atoms with Crippen molar-refractivity contribution in [3.05, 3.63) is 35.4 Å². The number of ether oxygens (including phenoxy) is 1. The predicted octanol–water partition coefficient (Wildman–Crippen LogP) is 1.26. The third-order valence-corrected chi connectivity index (χ3v) is 5.20. The van der Waals surface area contributed by atoms with Gasteiger partial charge in [0.25, 0.3) is 5.91 Å². The Balaban J connectivity index is 1.40. The smallest absolute Gasteiger partial charge is 0.267 e. The molecule has 1 aromatic rings. The molecule has 9 heteroatoms. The van der Waals surface area contributed by atoms with E-state index in [9.17, 15) is 18.4 Å². The lowest BCUT2D eigenvalue weighted by atomic mass is 9.93. The van der Waals surface area contributed by atoms with Crippen LogP contribution in [0.4, 0.5) is 8.78 Å². The SMILES string of the molecule is CC1(C(=O)NC2COCC2C(=O)NC2CC2)CC(c2cc(F)cc(F)c2)=NO1. The van der Waals surface area contributed by atoms with Crippen molar-refractivity contribution < 1.29 is 27.9 Å². The lowest BCUT2D eigenvalue weighted by molar-refractivity contribution is -0.143. The first-order valence-corrected chi connectivity index (χ1v) is 9.25. The number of hydrogen-bond acceptors (Lipinski definition) is 5. The minimum atomic E-state index is -1.34. The van der Waals surface area contributed by atoms with Gasteiger partial charge >= 0.3 is 0 Å². The number of rotatable bonds is 5. The molecule has 1 saturated carbocycles. The zero-order valence-corrected chi connectivity index (χ0v) is 15.3. The predicted molar refractivity (Wildman–Crippen MR) is 94.4 cm³/mol. The number of nitrogens with zero attached hydrogens (tertiary/aromatic N) is 1. The molecule has 3 atom stereocenters. The standard InChI is InChI=1S/C19H21F2N3O4/c1-19(7-15(24-28-19)10-4-11(20)6-12(21)5-10)18(26)23-16-9-27-8-14(16)17(25)22-13-2-3-13/h4-6,13-14,16H,2-3,7-9H2,1H3,(H,22,25)(H,23,26). The highest BCUT2D eigenvalue weighted by Gasteiger charge is 2.45. The zero-order chi connectivity index (χ0) is 19.9. The van der Waals surface area contributed by atoms with Gasteiger partial charge in [0.05, 0.1) is 30.9 Å². The first-order chi connectivity index (χ1) is 13.3. The Kier molecular flexibility index (Phi) is 4.78. The van der Waals surface area contributed by atoms with Crippen LogP contribution in [0.15, 0.2) is 23.4 Å². The van der Waals surface area contributed by atoms with Crippen molar-refractivity contribution in [1.29, 1.82) is 0 Å². The van der Waals surface area contributed by atoms with Crippen molar-refractivity contribution in [1.82, 2.24) is 10.6 Å². The van der Waals surface area contributed by atoms with Gasteiger partial charge in [-0.05, 0) is 31.9 Å².